The molecule has 0 aliphatic carbocycles. The maximum Gasteiger partial charge on any atom is 0.0724 e. The van der Waals surface area contributed by atoms with E-state index in [2.05, 4.69) is 64.2 Å². The van der Waals surface area contributed by atoms with Gasteiger partial charge in [0.25, 0.3) is 0 Å². The molecule has 1 N–H and O–H groups in total. The molecule has 1 aromatic carbocycles. The summed E-state index contributed by atoms with van der Waals surface area (Å²) in [7, 11) is 0. The highest BCUT2D eigenvalue weighted by Gasteiger charge is 2.10. The molecule has 1 atom stereocenters. The van der Waals surface area contributed by atoms with Crippen LogP contribution in [0.1, 0.15) is 58.1 Å². The summed E-state index contributed by atoms with van der Waals surface area (Å²) in [6, 6.07) is 8.80. The third-order valence-corrected chi connectivity index (χ3v) is 3.10. The second kappa shape index (κ2) is 7.66. The molecule has 1 unspecified atom stereocenters. The van der Waals surface area contributed by atoms with Crippen molar-refractivity contribution in [2.24, 2.45) is 0 Å². The fourth-order valence-corrected chi connectivity index (χ4v) is 1.86. The van der Waals surface area contributed by atoms with E-state index < -0.39 is 0 Å². The van der Waals surface area contributed by atoms with Crippen molar-refractivity contribution < 1.29 is 4.74 Å². The van der Waals surface area contributed by atoms with Crippen LogP contribution in [0, 0.1) is 0 Å². The number of benzene rings is 1. The SMILES string of the molecule is CCCNCC(C)c1ccc(COC(C)(C)C)cc1. The fraction of sp³-hybridized carbons (Fsp3) is 0.647. The van der Waals surface area contributed by atoms with Crippen molar-refractivity contribution in [3.8, 4) is 0 Å². The van der Waals surface area contributed by atoms with Crippen LogP contribution < -0.4 is 5.32 Å². The molecule has 1 rings (SSSR count). The summed E-state index contributed by atoms with van der Waals surface area (Å²) in [6.45, 7) is 13.6. The molecule has 1 aromatic rings. The van der Waals surface area contributed by atoms with E-state index in [0.29, 0.717) is 12.5 Å². The maximum atomic E-state index is 5.78. The smallest absolute Gasteiger partial charge is 0.0724 e. The fourth-order valence-electron chi connectivity index (χ4n) is 1.86. The second-order valence-corrected chi connectivity index (χ2v) is 6.25. The monoisotopic (exact) mass is 263 g/mol. The van der Waals surface area contributed by atoms with Crippen molar-refractivity contribution >= 4 is 0 Å². The van der Waals surface area contributed by atoms with Crippen molar-refractivity contribution in [3.63, 3.8) is 0 Å². The summed E-state index contributed by atoms with van der Waals surface area (Å²) in [4.78, 5) is 0. The Labute approximate surface area is 118 Å². The van der Waals surface area contributed by atoms with Gasteiger partial charge in [0.05, 0.1) is 12.2 Å². The predicted molar refractivity (Wildman–Crippen MR) is 82.6 cm³/mol. The molecule has 0 spiro atoms. The van der Waals surface area contributed by atoms with Crippen molar-refractivity contribution in [2.45, 2.75) is 59.2 Å². The van der Waals surface area contributed by atoms with Crippen LogP contribution in [0.25, 0.3) is 0 Å². The number of hydrogen-bond donors (Lipinski definition) is 1. The van der Waals surface area contributed by atoms with Crippen LogP contribution in [0.5, 0.6) is 0 Å². The lowest BCUT2D eigenvalue weighted by atomic mass is 10.00. The molecular weight excluding hydrogens is 234 g/mol. The second-order valence-electron chi connectivity index (χ2n) is 6.25. The van der Waals surface area contributed by atoms with Gasteiger partial charge >= 0.3 is 0 Å². The summed E-state index contributed by atoms with van der Waals surface area (Å²) in [5.41, 5.74) is 2.56. The Balaban J connectivity index is 2.46. The minimum Gasteiger partial charge on any atom is -0.371 e. The van der Waals surface area contributed by atoms with E-state index in [0.717, 1.165) is 13.1 Å². The Morgan fingerprint density at radius 1 is 1.16 bits per heavy atom. The first-order valence-corrected chi connectivity index (χ1v) is 7.36. The third-order valence-electron chi connectivity index (χ3n) is 3.10. The van der Waals surface area contributed by atoms with Gasteiger partial charge in [-0.3, -0.25) is 0 Å². The molecule has 0 aliphatic heterocycles. The summed E-state index contributed by atoms with van der Waals surface area (Å²) in [5.74, 6) is 0.559. The number of rotatable bonds is 7. The van der Waals surface area contributed by atoms with Crippen LogP contribution in [0.3, 0.4) is 0 Å². The zero-order valence-electron chi connectivity index (χ0n) is 13.1. The Hall–Kier alpha value is -0.860. The molecule has 0 saturated heterocycles. The van der Waals surface area contributed by atoms with Gasteiger partial charge in [0.15, 0.2) is 0 Å². The summed E-state index contributed by atoms with van der Waals surface area (Å²) in [5, 5.41) is 3.47. The Morgan fingerprint density at radius 2 is 1.79 bits per heavy atom. The van der Waals surface area contributed by atoms with Gasteiger partial charge in [0.2, 0.25) is 0 Å². The number of nitrogens with one attached hydrogen (secondary N) is 1. The first kappa shape index (κ1) is 16.2. The number of hydrogen-bond acceptors (Lipinski definition) is 2. The van der Waals surface area contributed by atoms with Crippen LogP contribution >= 0.6 is 0 Å². The Bertz CT molecular complexity index is 351. The average Bonchev–Trinajstić information content (AvgIpc) is 2.36. The minimum absolute atomic E-state index is 0.0734. The lowest BCUT2D eigenvalue weighted by Crippen LogP contribution is -2.20. The molecule has 0 heterocycles. The van der Waals surface area contributed by atoms with E-state index >= 15 is 0 Å². The van der Waals surface area contributed by atoms with E-state index in [1.54, 1.807) is 0 Å². The van der Waals surface area contributed by atoms with E-state index in [4.69, 9.17) is 4.74 Å². The van der Waals surface area contributed by atoms with Crippen LogP contribution in [0.2, 0.25) is 0 Å². The first-order chi connectivity index (χ1) is 8.92. The Morgan fingerprint density at radius 3 is 2.32 bits per heavy atom. The van der Waals surface area contributed by atoms with E-state index in [1.807, 2.05) is 0 Å². The topological polar surface area (TPSA) is 21.3 Å². The molecule has 108 valence electrons. The van der Waals surface area contributed by atoms with Crippen molar-refractivity contribution in [1.29, 1.82) is 0 Å². The predicted octanol–water partition coefficient (Wildman–Crippen LogP) is 4.10. The van der Waals surface area contributed by atoms with Crippen LogP contribution in [0.4, 0.5) is 0 Å². The molecule has 2 nitrogen and oxygen atoms in total. The van der Waals surface area contributed by atoms with Crippen molar-refractivity contribution in [3.05, 3.63) is 35.4 Å². The third kappa shape index (κ3) is 6.74. The molecule has 0 radical (unpaired) electrons. The summed E-state index contributed by atoms with van der Waals surface area (Å²) in [6.07, 6.45) is 1.19. The van der Waals surface area contributed by atoms with E-state index in [-0.39, 0.29) is 5.60 Å². The zero-order chi connectivity index (χ0) is 14.3. The van der Waals surface area contributed by atoms with Crippen molar-refractivity contribution in [2.75, 3.05) is 13.1 Å². The molecule has 0 bridgehead atoms. The maximum absolute atomic E-state index is 5.78. The lowest BCUT2D eigenvalue weighted by Gasteiger charge is -2.20. The first-order valence-electron chi connectivity index (χ1n) is 7.36. The zero-order valence-corrected chi connectivity index (χ0v) is 13.1. The van der Waals surface area contributed by atoms with Crippen LogP contribution in [0.15, 0.2) is 24.3 Å². The van der Waals surface area contributed by atoms with Crippen LogP contribution in [-0.4, -0.2) is 18.7 Å². The highest BCUT2D eigenvalue weighted by atomic mass is 16.5. The van der Waals surface area contributed by atoms with E-state index in [1.165, 1.54) is 17.5 Å². The molecule has 0 fully saturated rings. The molecule has 0 aliphatic rings. The molecular formula is C17H29NO. The standard InChI is InChI=1S/C17H29NO/c1-6-11-18-12-14(2)16-9-7-15(8-10-16)13-19-17(3,4)5/h7-10,14,18H,6,11-13H2,1-5H3. The van der Waals surface area contributed by atoms with Crippen molar-refractivity contribution in [1.82, 2.24) is 5.32 Å². The van der Waals surface area contributed by atoms with Gasteiger partial charge in [0, 0.05) is 6.54 Å². The van der Waals surface area contributed by atoms with Gasteiger partial charge in [0.1, 0.15) is 0 Å². The summed E-state index contributed by atoms with van der Waals surface area (Å²) >= 11 is 0. The molecule has 0 aromatic heterocycles. The highest BCUT2D eigenvalue weighted by molar-refractivity contribution is 5.25. The highest BCUT2D eigenvalue weighted by Crippen LogP contribution is 2.17. The van der Waals surface area contributed by atoms with Gasteiger partial charge in [-0.25, -0.2) is 0 Å². The van der Waals surface area contributed by atoms with Gasteiger partial charge in [-0.15, -0.1) is 0 Å². The molecule has 0 saturated carbocycles. The normalized spacial score (nSPS) is 13.5. The van der Waals surface area contributed by atoms with Gasteiger partial charge < -0.3 is 10.1 Å². The minimum atomic E-state index is -0.0734. The summed E-state index contributed by atoms with van der Waals surface area (Å²) < 4.78 is 5.78. The largest absolute Gasteiger partial charge is 0.371 e. The van der Waals surface area contributed by atoms with Gasteiger partial charge in [-0.05, 0) is 50.8 Å². The van der Waals surface area contributed by atoms with E-state index in [9.17, 15) is 0 Å². The lowest BCUT2D eigenvalue weighted by molar-refractivity contribution is -0.0149. The Kier molecular flexibility index (Phi) is 6.53. The van der Waals surface area contributed by atoms with Gasteiger partial charge in [-0.1, -0.05) is 38.1 Å². The number of ether oxygens (including phenoxy) is 1. The quantitative estimate of drug-likeness (QED) is 0.748. The molecule has 0 amide bonds. The molecule has 2 heteroatoms. The van der Waals surface area contributed by atoms with Crippen LogP contribution in [-0.2, 0) is 11.3 Å². The average molecular weight is 263 g/mol. The molecule has 19 heavy (non-hydrogen) atoms. The van der Waals surface area contributed by atoms with Gasteiger partial charge in [-0.2, -0.15) is 0 Å².